The van der Waals surface area contributed by atoms with Gasteiger partial charge in [0.05, 0.1) is 23.6 Å². The van der Waals surface area contributed by atoms with Gasteiger partial charge in [-0.15, -0.1) is 0 Å². The number of imidazole rings is 1. The number of carbonyl (C=O) groups is 1. The van der Waals surface area contributed by atoms with Gasteiger partial charge in [-0.05, 0) is 12.0 Å². The molecule has 0 saturated heterocycles. The summed E-state index contributed by atoms with van der Waals surface area (Å²) in [7, 11) is 0. The van der Waals surface area contributed by atoms with Crippen molar-refractivity contribution >= 4 is 23.3 Å². The van der Waals surface area contributed by atoms with Crippen molar-refractivity contribution < 1.29 is 14.8 Å². The summed E-state index contributed by atoms with van der Waals surface area (Å²) in [6.07, 6.45) is 2.37. The molecule has 24 heavy (non-hydrogen) atoms. The smallest absolute Gasteiger partial charge is 0.309 e. The Balaban J connectivity index is 2.30. The number of benzene rings is 1. The van der Waals surface area contributed by atoms with E-state index in [9.17, 15) is 14.9 Å². The second-order valence-corrected chi connectivity index (χ2v) is 5.81. The van der Waals surface area contributed by atoms with Crippen LogP contribution >= 0.6 is 11.6 Å². The second-order valence-electron chi connectivity index (χ2n) is 5.45. The van der Waals surface area contributed by atoms with E-state index in [2.05, 4.69) is 11.9 Å². The summed E-state index contributed by atoms with van der Waals surface area (Å²) in [4.78, 5) is 25.6. The van der Waals surface area contributed by atoms with Crippen LogP contribution in [0.2, 0.25) is 5.15 Å². The Bertz CT molecular complexity index is 741. The van der Waals surface area contributed by atoms with Crippen molar-refractivity contribution in [2.45, 2.75) is 39.2 Å². The van der Waals surface area contributed by atoms with Gasteiger partial charge >= 0.3 is 5.97 Å². The van der Waals surface area contributed by atoms with Crippen LogP contribution in [0, 0.1) is 10.1 Å². The fourth-order valence-electron chi connectivity index (χ4n) is 2.38. The molecule has 128 valence electrons. The van der Waals surface area contributed by atoms with Gasteiger partial charge < -0.3 is 9.67 Å². The number of nitrogens with zero attached hydrogens (tertiary/aromatic N) is 3. The van der Waals surface area contributed by atoms with E-state index in [0.717, 1.165) is 24.2 Å². The first-order chi connectivity index (χ1) is 11.4. The maximum absolute atomic E-state index is 10.9. The van der Waals surface area contributed by atoms with E-state index in [1.165, 1.54) is 12.1 Å². The number of aryl methyl sites for hydroxylation is 1. The molecule has 7 nitrogen and oxygen atoms in total. The van der Waals surface area contributed by atoms with Crippen LogP contribution in [0.5, 0.6) is 0 Å². The summed E-state index contributed by atoms with van der Waals surface area (Å²) in [5, 5.41) is 20.0. The van der Waals surface area contributed by atoms with Gasteiger partial charge in [-0.25, -0.2) is 4.98 Å². The quantitative estimate of drug-likeness (QED) is 0.580. The molecular formula is C16H18ClN3O4. The van der Waals surface area contributed by atoms with E-state index in [0.29, 0.717) is 23.8 Å². The lowest BCUT2D eigenvalue weighted by atomic mass is 10.2. The molecule has 0 bridgehead atoms. The Labute approximate surface area is 144 Å². The highest BCUT2D eigenvalue weighted by Gasteiger charge is 2.18. The molecule has 1 heterocycles. The van der Waals surface area contributed by atoms with Crippen LogP contribution in [0.4, 0.5) is 5.69 Å². The van der Waals surface area contributed by atoms with Crippen LogP contribution in [0.15, 0.2) is 24.3 Å². The highest BCUT2D eigenvalue weighted by molar-refractivity contribution is 6.30. The van der Waals surface area contributed by atoms with Gasteiger partial charge in [-0.3, -0.25) is 14.9 Å². The molecule has 0 amide bonds. The molecule has 2 rings (SSSR count). The minimum absolute atomic E-state index is 0.0215. The topological polar surface area (TPSA) is 98.3 Å². The third kappa shape index (κ3) is 4.32. The molecule has 0 saturated carbocycles. The molecule has 0 fully saturated rings. The molecule has 0 atom stereocenters. The molecule has 2 aromatic rings. The largest absolute Gasteiger partial charge is 0.481 e. The maximum atomic E-state index is 10.9. The average Bonchev–Trinajstić information content (AvgIpc) is 2.81. The number of aliphatic carboxylic acids is 1. The van der Waals surface area contributed by atoms with Crippen LogP contribution in [0.3, 0.4) is 0 Å². The average molecular weight is 352 g/mol. The van der Waals surface area contributed by atoms with Crippen molar-refractivity contribution in [2.75, 3.05) is 0 Å². The maximum Gasteiger partial charge on any atom is 0.309 e. The summed E-state index contributed by atoms with van der Waals surface area (Å²) in [5.74, 6) is -0.254. The third-order valence-electron chi connectivity index (χ3n) is 3.61. The first-order valence-electron chi connectivity index (χ1n) is 7.61. The van der Waals surface area contributed by atoms with Crippen molar-refractivity contribution in [2.24, 2.45) is 0 Å². The lowest BCUT2D eigenvalue weighted by molar-refractivity contribution is -0.384. The molecule has 8 heteroatoms. The van der Waals surface area contributed by atoms with Crippen LogP contribution in [0.25, 0.3) is 0 Å². The van der Waals surface area contributed by atoms with E-state index < -0.39 is 10.9 Å². The number of unbranched alkanes of at least 4 members (excludes halogenated alkanes) is 1. The Morgan fingerprint density at radius 1 is 1.38 bits per heavy atom. The zero-order chi connectivity index (χ0) is 17.7. The van der Waals surface area contributed by atoms with Gasteiger partial charge in [0, 0.05) is 18.6 Å². The van der Waals surface area contributed by atoms with Crippen LogP contribution < -0.4 is 0 Å². The highest BCUT2D eigenvalue weighted by Crippen LogP contribution is 2.23. The van der Waals surface area contributed by atoms with Gasteiger partial charge in [-0.1, -0.05) is 37.1 Å². The summed E-state index contributed by atoms with van der Waals surface area (Å²) >= 11 is 6.31. The summed E-state index contributed by atoms with van der Waals surface area (Å²) in [6.45, 7) is 2.45. The Kier molecular flexibility index (Phi) is 5.92. The minimum atomic E-state index is -0.987. The number of carboxylic acid groups (broad SMARTS) is 1. The summed E-state index contributed by atoms with van der Waals surface area (Å²) in [5.41, 5.74) is 1.20. The number of nitro benzene ring substituents is 1. The molecule has 0 aliphatic rings. The van der Waals surface area contributed by atoms with Gasteiger partial charge in [0.25, 0.3) is 5.69 Å². The molecule has 1 aromatic carbocycles. The second kappa shape index (κ2) is 7.92. The van der Waals surface area contributed by atoms with E-state index in [1.54, 1.807) is 16.7 Å². The van der Waals surface area contributed by atoms with Crippen molar-refractivity contribution in [3.05, 3.63) is 56.6 Å². The van der Waals surface area contributed by atoms with Gasteiger partial charge in [-0.2, -0.15) is 0 Å². The van der Waals surface area contributed by atoms with E-state index in [4.69, 9.17) is 16.7 Å². The number of aromatic nitrogens is 2. The zero-order valence-corrected chi connectivity index (χ0v) is 14.0. The SMILES string of the molecule is CCCCc1nc(CC(=O)O)c(Cl)n1Cc1ccc([N+](=O)[O-])cc1. The Morgan fingerprint density at radius 2 is 2.04 bits per heavy atom. The molecule has 0 unspecified atom stereocenters. The predicted octanol–water partition coefficient (Wildman–Crippen LogP) is 3.46. The predicted molar refractivity (Wildman–Crippen MR) is 89.4 cm³/mol. The number of nitro groups is 1. The Morgan fingerprint density at radius 3 is 2.58 bits per heavy atom. The van der Waals surface area contributed by atoms with E-state index in [-0.39, 0.29) is 12.1 Å². The third-order valence-corrected chi connectivity index (χ3v) is 4.03. The zero-order valence-electron chi connectivity index (χ0n) is 13.2. The van der Waals surface area contributed by atoms with Crippen LogP contribution in [0.1, 0.15) is 36.8 Å². The molecule has 0 radical (unpaired) electrons. The fourth-order valence-corrected chi connectivity index (χ4v) is 2.65. The van der Waals surface area contributed by atoms with Crippen molar-refractivity contribution in [3.8, 4) is 0 Å². The van der Waals surface area contributed by atoms with Gasteiger partial charge in [0.2, 0.25) is 0 Å². The van der Waals surface area contributed by atoms with E-state index in [1.807, 2.05) is 0 Å². The molecular weight excluding hydrogens is 334 g/mol. The molecule has 0 aliphatic heterocycles. The number of hydrogen-bond acceptors (Lipinski definition) is 4. The molecule has 0 aliphatic carbocycles. The summed E-state index contributed by atoms with van der Waals surface area (Å²) < 4.78 is 1.77. The lowest BCUT2D eigenvalue weighted by Crippen LogP contribution is -2.06. The minimum Gasteiger partial charge on any atom is -0.481 e. The normalized spacial score (nSPS) is 10.8. The van der Waals surface area contributed by atoms with Gasteiger partial charge in [0.1, 0.15) is 11.0 Å². The van der Waals surface area contributed by atoms with E-state index >= 15 is 0 Å². The molecule has 0 spiro atoms. The molecule has 1 N–H and O–H groups in total. The highest BCUT2D eigenvalue weighted by atomic mass is 35.5. The lowest BCUT2D eigenvalue weighted by Gasteiger charge is -2.09. The number of carboxylic acids is 1. The number of rotatable bonds is 8. The molecule has 1 aromatic heterocycles. The standard InChI is InChI=1S/C16H18ClN3O4/c1-2-3-4-14-18-13(9-15(21)22)16(17)19(14)10-11-5-7-12(8-6-11)20(23)24/h5-8H,2-4,9-10H2,1H3,(H,21,22). The first-order valence-corrected chi connectivity index (χ1v) is 7.99. The number of hydrogen-bond donors (Lipinski definition) is 1. The monoisotopic (exact) mass is 351 g/mol. The first kappa shape index (κ1) is 17.9. The van der Waals surface area contributed by atoms with Crippen molar-refractivity contribution in [1.82, 2.24) is 9.55 Å². The number of halogens is 1. The number of non-ortho nitro benzene ring substituents is 1. The fraction of sp³-hybridized carbons (Fsp3) is 0.375. The van der Waals surface area contributed by atoms with Crippen LogP contribution in [-0.4, -0.2) is 25.6 Å². The van der Waals surface area contributed by atoms with Crippen molar-refractivity contribution in [1.29, 1.82) is 0 Å². The van der Waals surface area contributed by atoms with Crippen LogP contribution in [-0.2, 0) is 24.2 Å². The summed E-state index contributed by atoms with van der Waals surface area (Å²) in [6, 6.07) is 6.19. The van der Waals surface area contributed by atoms with Gasteiger partial charge in [0.15, 0.2) is 0 Å². The Hall–Kier alpha value is -2.41. The van der Waals surface area contributed by atoms with Crippen molar-refractivity contribution in [3.63, 3.8) is 0 Å².